The van der Waals surface area contributed by atoms with Gasteiger partial charge in [0.15, 0.2) is 0 Å². The average molecular weight is 189 g/mol. The van der Waals surface area contributed by atoms with Crippen LogP contribution in [0.5, 0.6) is 0 Å². The van der Waals surface area contributed by atoms with E-state index in [4.69, 9.17) is 10.2 Å². The second-order valence-electron chi connectivity index (χ2n) is 3.96. The van der Waals surface area contributed by atoms with Crippen molar-refractivity contribution in [1.82, 2.24) is 0 Å². The first kappa shape index (κ1) is 9.28. The SMILES string of the molecule is CC(C)C(N)c1coc2ccccc12. The van der Waals surface area contributed by atoms with Gasteiger partial charge in [-0.15, -0.1) is 0 Å². The van der Waals surface area contributed by atoms with Gasteiger partial charge in [0.25, 0.3) is 0 Å². The maximum Gasteiger partial charge on any atom is 0.134 e. The van der Waals surface area contributed by atoms with Gasteiger partial charge in [-0.3, -0.25) is 0 Å². The number of para-hydroxylation sites is 1. The van der Waals surface area contributed by atoms with E-state index in [1.54, 1.807) is 6.26 Å². The fourth-order valence-electron chi connectivity index (χ4n) is 1.62. The maximum atomic E-state index is 6.09. The van der Waals surface area contributed by atoms with Crippen LogP contribution in [0.3, 0.4) is 0 Å². The molecule has 0 fully saturated rings. The third-order valence-electron chi connectivity index (χ3n) is 2.59. The highest BCUT2D eigenvalue weighted by Gasteiger charge is 2.15. The number of rotatable bonds is 2. The minimum Gasteiger partial charge on any atom is -0.464 e. The van der Waals surface area contributed by atoms with Gasteiger partial charge in [-0.25, -0.2) is 0 Å². The molecule has 0 saturated carbocycles. The Bertz CT molecular complexity index is 431. The number of furan rings is 1. The molecular weight excluding hydrogens is 174 g/mol. The van der Waals surface area contributed by atoms with Crippen LogP contribution < -0.4 is 5.73 Å². The predicted molar refractivity (Wildman–Crippen MR) is 58.0 cm³/mol. The van der Waals surface area contributed by atoms with Gasteiger partial charge in [0.05, 0.1) is 6.26 Å². The van der Waals surface area contributed by atoms with E-state index in [9.17, 15) is 0 Å². The van der Waals surface area contributed by atoms with Crippen LogP contribution in [-0.2, 0) is 0 Å². The maximum absolute atomic E-state index is 6.09. The van der Waals surface area contributed by atoms with E-state index in [-0.39, 0.29) is 6.04 Å². The van der Waals surface area contributed by atoms with Crippen LogP contribution in [0.1, 0.15) is 25.5 Å². The minimum absolute atomic E-state index is 0.0543. The van der Waals surface area contributed by atoms with Gasteiger partial charge in [0.1, 0.15) is 5.58 Å². The minimum atomic E-state index is 0.0543. The Morgan fingerprint density at radius 1 is 1.21 bits per heavy atom. The molecule has 1 aromatic heterocycles. The smallest absolute Gasteiger partial charge is 0.134 e. The molecule has 2 rings (SSSR count). The highest BCUT2D eigenvalue weighted by atomic mass is 16.3. The second-order valence-corrected chi connectivity index (χ2v) is 3.96. The summed E-state index contributed by atoms with van der Waals surface area (Å²) in [5.74, 6) is 0.427. The Morgan fingerprint density at radius 2 is 1.93 bits per heavy atom. The lowest BCUT2D eigenvalue weighted by molar-refractivity contribution is 0.506. The van der Waals surface area contributed by atoms with Crippen molar-refractivity contribution in [3.63, 3.8) is 0 Å². The Labute approximate surface area is 83.7 Å². The molecule has 0 spiro atoms. The summed E-state index contributed by atoms with van der Waals surface area (Å²) in [6.45, 7) is 4.24. The van der Waals surface area contributed by atoms with Crippen LogP contribution in [0.2, 0.25) is 0 Å². The normalized spacial score (nSPS) is 13.7. The third-order valence-corrected chi connectivity index (χ3v) is 2.59. The summed E-state index contributed by atoms with van der Waals surface area (Å²) >= 11 is 0. The van der Waals surface area contributed by atoms with Crippen molar-refractivity contribution >= 4 is 11.0 Å². The van der Waals surface area contributed by atoms with Crippen LogP contribution in [0, 0.1) is 5.92 Å². The Morgan fingerprint density at radius 3 is 2.64 bits per heavy atom. The number of nitrogens with two attached hydrogens (primary N) is 1. The first-order valence-corrected chi connectivity index (χ1v) is 4.92. The van der Waals surface area contributed by atoms with E-state index in [1.807, 2.05) is 18.2 Å². The molecule has 1 aromatic carbocycles. The monoisotopic (exact) mass is 189 g/mol. The fraction of sp³-hybridized carbons (Fsp3) is 0.333. The molecular formula is C12H15NO. The Hall–Kier alpha value is -1.28. The number of benzene rings is 1. The average Bonchev–Trinajstić information content (AvgIpc) is 2.60. The van der Waals surface area contributed by atoms with Gasteiger partial charge < -0.3 is 10.2 Å². The number of fused-ring (bicyclic) bond motifs is 1. The summed E-state index contributed by atoms with van der Waals surface area (Å²) in [6.07, 6.45) is 1.77. The second kappa shape index (κ2) is 3.46. The summed E-state index contributed by atoms with van der Waals surface area (Å²) in [5.41, 5.74) is 8.11. The molecule has 0 aliphatic carbocycles. The highest BCUT2D eigenvalue weighted by molar-refractivity contribution is 5.81. The van der Waals surface area contributed by atoms with Crippen molar-refractivity contribution in [3.05, 3.63) is 36.1 Å². The first-order valence-electron chi connectivity index (χ1n) is 4.92. The van der Waals surface area contributed by atoms with Crippen LogP contribution in [-0.4, -0.2) is 0 Å². The summed E-state index contributed by atoms with van der Waals surface area (Å²) in [6, 6.07) is 8.05. The van der Waals surface area contributed by atoms with E-state index < -0.39 is 0 Å². The molecule has 1 heterocycles. The molecule has 0 aliphatic rings. The highest BCUT2D eigenvalue weighted by Crippen LogP contribution is 2.28. The fourth-order valence-corrected chi connectivity index (χ4v) is 1.62. The molecule has 1 atom stereocenters. The molecule has 1 unspecified atom stereocenters. The molecule has 2 heteroatoms. The van der Waals surface area contributed by atoms with E-state index in [0.29, 0.717) is 5.92 Å². The summed E-state index contributed by atoms with van der Waals surface area (Å²) in [5, 5.41) is 1.13. The standard InChI is InChI=1S/C12H15NO/c1-8(2)12(13)10-7-14-11-6-4-3-5-9(10)11/h3-8,12H,13H2,1-2H3. The zero-order valence-electron chi connectivity index (χ0n) is 8.53. The molecule has 0 amide bonds. The molecule has 2 nitrogen and oxygen atoms in total. The molecule has 0 saturated heterocycles. The van der Waals surface area contributed by atoms with Gasteiger partial charge in [-0.05, 0) is 12.0 Å². The Kier molecular flexibility index (Phi) is 2.30. The van der Waals surface area contributed by atoms with Crippen molar-refractivity contribution in [1.29, 1.82) is 0 Å². The van der Waals surface area contributed by atoms with E-state index in [2.05, 4.69) is 19.9 Å². The topological polar surface area (TPSA) is 39.2 Å². The largest absolute Gasteiger partial charge is 0.464 e. The zero-order valence-corrected chi connectivity index (χ0v) is 8.53. The van der Waals surface area contributed by atoms with Crippen LogP contribution in [0.15, 0.2) is 34.9 Å². The summed E-state index contributed by atoms with van der Waals surface area (Å²) < 4.78 is 5.44. The van der Waals surface area contributed by atoms with Crippen molar-refractivity contribution in [2.45, 2.75) is 19.9 Å². The zero-order chi connectivity index (χ0) is 10.1. The molecule has 0 radical (unpaired) electrons. The van der Waals surface area contributed by atoms with Gasteiger partial charge in [0, 0.05) is 17.0 Å². The lowest BCUT2D eigenvalue weighted by Gasteiger charge is -2.13. The van der Waals surface area contributed by atoms with Gasteiger partial charge >= 0.3 is 0 Å². The quantitative estimate of drug-likeness (QED) is 0.788. The molecule has 14 heavy (non-hydrogen) atoms. The summed E-state index contributed by atoms with van der Waals surface area (Å²) in [7, 11) is 0. The van der Waals surface area contributed by atoms with Crippen molar-refractivity contribution in [2.75, 3.05) is 0 Å². The van der Waals surface area contributed by atoms with Crippen molar-refractivity contribution < 1.29 is 4.42 Å². The van der Waals surface area contributed by atoms with E-state index in [0.717, 1.165) is 16.5 Å². The number of hydrogen-bond acceptors (Lipinski definition) is 2. The van der Waals surface area contributed by atoms with Crippen molar-refractivity contribution in [3.8, 4) is 0 Å². The van der Waals surface area contributed by atoms with E-state index in [1.165, 1.54) is 0 Å². The Balaban J connectivity index is 2.53. The van der Waals surface area contributed by atoms with E-state index >= 15 is 0 Å². The van der Waals surface area contributed by atoms with Gasteiger partial charge in [-0.1, -0.05) is 32.0 Å². The molecule has 0 aliphatic heterocycles. The van der Waals surface area contributed by atoms with Crippen LogP contribution in [0.25, 0.3) is 11.0 Å². The summed E-state index contributed by atoms with van der Waals surface area (Å²) in [4.78, 5) is 0. The molecule has 0 bridgehead atoms. The van der Waals surface area contributed by atoms with Crippen LogP contribution >= 0.6 is 0 Å². The lowest BCUT2D eigenvalue weighted by Crippen LogP contribution is -2.15. The molecule has 74 valence electrons. The molecule has 2 aromatic rings. The molecule has 2 N–H and O–H groups in total. The van der Waals surface area contributed by atoms with Gasteiger partial charge in [-0.2, -0.15) is 0 Å². The third kappa shape index (κ3) is 1.42. The van der Waals surface area contributed by atoms with Crippen LogP contribution in [0.4, 0.5) is 0 Å². The lowest BCUT2D eigenvalue weighted by atomic mass is 9.97. The first-order chi connectivity index (χ1) is 6.70. The van der Waals surface area contributed by atoms with Crippen molar-refractivity contribution in [2.24, 2.45) is 11.7 Å². The predicted octanol–water partition coefficient (Wildman–Crippen LogP) is 3.09. The number of hydrogen-bond donors (Lipinski definition) is 1. The van der Waals surface area contributed by atoms with Gasteiger partial charge in [0.2, 0.25) is 0 Å².